The van der Waals surface area contributed by atoms with Crippen molar-refractivity contribution >= 4 is 32.6 Å². The molecule has 8 nitrogen and oxygen atoms in total. The van der Waals surface area contributed by atoms with Gasteiger partial charge < -0.3 is 18.9 Å². The molecule has 0 radical (unpaired) electrons. The van der Waals surface area contributed by atoms with Gasteiger partial charge in [-0.15, -0.1) is 0 Å². The number of hydrogen-bond donors (Lipinski definition) is 0. The number of anilines is 1. The maximum atomic E-state index is 13.8. The lowest BCUT2D eigenvalue weighted by atomic mass is 10.1. The zero-order chi connectivity index (χ0) is 23.4. The highest BCUT2D eigenvalue weighted by Crippen LogP contribution is 2.37. The Bertz CT molecular complexity index is 1100. The summed E-state index contributed by atoms with van der Waals surface area (Å²) in [5.41, 5.74) is 2.35. The lowest BCUT2D eigenvalue weighted by Crippen LogP contribution is -2.43. The Morgan fingerprint density at radius 2 is 1.79 bits per heavy atom. The molecule has 176 valence electrons. The van der Waals surface area contributed by atoms with Crippen molar-refractivity contribution in [1.82, 2.24) is 9.88 Å². The van der Waals surface area contributed by atoms with E-state index < -0.39 is 0 Å². The van der Waals surface area contributed by atoms with Gasteiger partial charge in [0.15, 0.2) is 5.13 Å². The molecule has 0 unspecified atom stereocenters. The van der Waals surface area contributed by atoms with Crippen molar-refractivity contribution in [3.05, 3.63) is 41.5 Å². The first kappa shape index (κ1) is 23.3. The number of thiazole rings is 1. The van der Waals surface area contributed by atoms with Crippen molar-refractivity contribution in [3.63, 3.8) is 0 Å². The lowest BCUT2D eigenvalue weighted by Gasteiger charge is -2.29. The van der Waals surface area contributed by atoms with Gasteiger partial charge in [0.2, 0.25) is 0 Å². The number of rotatable bonds is 8. The largest absolute Gasteiger partial charge is 0.497 e. The number of carbonyl (C=O) groups excluding carboxylic acids is 1. The van der Waals surface area contributed by atoms with Crippen LogP contribution in [-0.2, 0) is 4.74 Å². The third-order valence-electron chi connectivity index (χ3n) is 5.73. The molecule has 1 saturated heterocycles. The smallest absolute Gasteiger partial charge is 0.260 e. The van der Waals surface area contributed by atoms with E-state index in [9.17, 15) is 4.79 Å². The fourth-order valence-electron chi connectivity index (χ4n) is 3.82. The topological polar surface area (TPSA) is 73.4 Å². The van der Waals surface area contributed by atoms with Crippen molar-refractivity contribution < 1.29 is 23.7 Å². The van der Waals surface area contributed by atoms with Gasteiger partial charge in [0.1, 0.15) is 22.8 Å². The standard InChI is InChI=1S/C24H29N3O5S/c1-16-5-6-20(31-4)21-22(16)33-24(25-21)27(8-7-26-9-11-32-12-10-26)23(28)17-13-18(29-2)15-19(14-17)30-3/h5-6,13-15H,7-12H2,1-4H3. The maximum absolute atomic E-state index is 13.8. The van der Waals surface area contributed by atoms with E-state index in [1.54, 1.807) is 44.4 Å². The number of amides is 1. The van der Waals surface area contributed by atoms with E-state index in [1.807, 2.05) is 19.1 Å². The highest BCUT2D eigenvalue weighted by molar-refractivity contribution is 7.22. The highest BCUT2D eigenvalue weighted by Gasteiger charge is 2.25. The molecule has 1 fully saturated rings. The van der Waals surface area contributed by atoms with Gasteiger partial charge in [-0.2, -0.15) is 0 Å². The maximum Gasteiger partial charge on any atom is 0.260 e. The monoisotopic (exact) mass is 471 g/mol. The van der Waals surface area contributed by atoms with Crippen LogP contribution in [0.15, 0.2) is 30.3 Å². The molecule has 0 bridgehead atoms. The van der Waals surface area contributed by atoms with Crippen molar-refractivity contribution in [2.75, 3.05) is 65.6 Å². The Labute approximate surface area is 197 Å². The lowest BCUT2D eigenvalue weighted by molar-refractivity contribution is 0.0391. The Kier molecular flexibility index (Phi) is 7.32. The molecule has 33 heavy (non-hydrogen) atoms. The van der Waals surface area contributed by atoms with Crippen LogP contribution < -0.4 is 19.1 Å². The number of aryl methyl sites for hydroxylation is 1. The molecule has 4 rings (SSSR count). The van der Waals surface area contributed by atoms with Crippen LogP contribution in [0.3, 0.4) is 0 Å². The summed E-state index contributed by atoms with van der Waals surface area (Å²) >= 11 is 1.50. The molecule has 0 spiro atoms. The first-order valence-corrected chi connectivity index (χ1v) is 11.6. The van der Waals surface area contributed by atoms with E-state index >= 15 is 0 Å². The number of nitrogens with zero attached hydrogens (tertiary/aromatic N) is 3. The molecule has 1 aliphatic rings. The van der Waals surface area contributed by atoms with E-state index in [0.717, 1.165) is 35.4 Å². The third kappa shape index (κ3) is 5.05. The minimum Gasteiger partial charge on any atom is -0.497 e. The molecule has 0 N–H and O–H groups in total. The molecule has 1 aromatic heterocycles. The number of fused-ring (bicyclic) bond motifs is 1. The van der Waals surface area contributed by atoms with E-state index in [0.29, 0.717) is 47.7 Å². The first-order chi connectivity index (χ1) is 16.0. The molecule has 2 aromatic carbocycles. The summed E-state index contributed by atoms with van der Waals surface area (Å²) < 4.78 is 22.8. The Hall–Kier alpha value is -2.88. The average Bonchev–Trinajstić information content (AvgIpc) is 3.30. The molecule has 0 atom stereocenters. The summed E-state index contributed by atoms with van der Waals surface area (Å²) in [7, 11) is 4.77. The molecule has 0 saturated carbocycles. The second-order valence-electron chi connectivity index (χ2n) is 7.77. The van der Waals surface area contributed by atoms with Crippen LogP contribution >= 0.6 is 11.3 Å². The Balaban J connectivity index is 1.72. The second-order valence-corrected chi connectivity index (χ2v) is 8.75. The van der Waals surface area contributed by atoms with Crippen LogP contribution in [0.1, 0.15) is 15.9 Å². The predicted molar refractivity (Wildman–Crippen MR) is 129 cm³/mol. The number of methoxy groups -OCH3 is 3. The number of carbonyl (C=O) groups is 1. The van der Waals surface area contributed by atoms with E-state index in [-0.39, 0.29) is 5.91 Å². The molecule has 2 heterocycles. The van der Waals surface area contributed by atoms with Crippen molar-refractivity contribution in [2.45, 2.75) is 6.92 Å². The van der Waals surface area contributed by atoms with Crippen LogP contribution in [0.25, 0.3) is 10.2 Å². The molecular weight excluding hydrogens is 442 g/mol. The van der Waals surface area contributed by atoms with Crippen LogP contribution in [0.4, 0.5) is 5.13 Å². The summed E-state index contributed by atoms with van der Waals surface area (Å²) in [6, 6.07) is 9.13. The van der Waals surface area contributed by atoms with Gasteiger partial charge in [-0.1, -0.05) is 17.4 Å². The van der Waals surface area contributed by atoms with Crippen molar-refractivity contribution in [2.24, 2.45) is 0 Å². The average molecular weight is 472 g/mol. The van der Waals surface area contributed by atoms with Crippen LogP contribution in [0.5, 0.6) is 17.2 Å². The Morgan fingerprint density at radius 3 is 2.42 bits per heavy atom. The summed E-state index contributed by atoms with van der Waals surface area (Å²) in [4.78, 5) is 22.7. The van der Waals surface area contributed by atoms with E-state index in [1.165, 1.54) is 11.3 Å². The van der Waals surface area contributed by atoms with Crippen LogP contribution in [0.2, 0.25) is 0 Å². The van der Waals surface area contributed by atoms with Gasteiger partial charge in [0.05, 0.1) is 39.2 Å². The summed E-state index contributed by atoms with van der Waals surface area (Å²) in [6.07, 6.45) is 0. The van der Waals surface area contributed by atoms with Gasteiger partial charge in [0.25, 0.3) is 5.91 Å². The Morgan fingerprint density at radius 1 is 1.09 bits per heavy atom. The van der Waals surface area contributed by atoms with Crippen LogP contribution in [-0.4, -0.2) is 76.5 Å². The zero-order valence-electron chi connectivity index (χ0n) is 19.4. The van der Waals surface area contributed by atoms with Gasteiger partial charge in [-0.3, -0.25) is 14.6 Å². The number of morpholine rings is 1. The fourth-order valence-corrected chi connectivity index (χ4v) is 4.89. The van der Waals surface area contributed by atoms with Crippen molar-refractivity contribution in [3.8, 4) is 17.2 Å². The number of hydrogen-bond acceptors (Lipinski definition) is 8. The summed E-state index contributed by atoms with van der Waals surface area (Å²) in [5.74, 6) is 1.66. The number of benzene rings is 2. The molecule has 0 aliphatic carbocycles. The zero-order valence-corrected chi connectivity index (χ0v) is 20.2. The summed E-state index contributed by atoms with van der Waals surface area (Å²) in [6.45, 7) is 6.37. The molecular formula is C24H29N3O5S. The van der Waals surface area contributed by atoms with Crippen LogP contribution in [0, 0.1) is 6.92 Å². The van der Waals surface area contributed by atoms with Gasteiger partial charge >= 0.3 is 0 Å². The number of ether oxygens (including phenoxy) is 4. The van der Waals surface area contributed by atoms with E-state index in [2.05, 4.69) is 4.90 Å². The van der Waals surface area contributed by atoms with Gasteiger partial charge in [-0.25, -0.2) is 4.98 Å². The normalized spacial score (nSPS) is 14.3. The minimum atomic E-state index is -0.156. The molecule has 9 heteroatoms. The van der Waals surface area contributed by atoms with Crippen molar-refractivity contribution in [1.29, 1.82) is 0 Å². The van der Waals surface area contributed by atoms with Gasteiger partial charge in [-0.05, 0) is 30.7 Å². The minimum absolute atomic E-state index is 0.156. The first-order valence-electron chi connectivity index (χ1n) is 10.8. The molecule has 1 aliphatic heterocycles. The quantitative estimate of drug-likeness (QED) is 0.497. The SMILES string of the molecule is COc1cc(OC)cc(C(=O)N(CCN2CCOCC2)c2nc3c(OC)ccc(C)c3s2)c1. The second kappa shape index (κ2) is 10.4. The van der Waals surface area contributed by atoms with Gasteiger partial charge in [0, 0.05) is 37.8 Å². The summed E-state index contributed by atoms with van der Waals surface area (Å²) in [5, 5.41) is 0.637. The highest BCUT2D eigenvalue weighted by atomic mass is 32.1. The predicted octanol–water partition coefficient (Wildman–Crippen LogP) is 3.61. The van der Waals surface area contributed by atoms with E-state index in [4.69, 9.17) is 23.9 Å². The third-order valence-corrected chi connectivity index (χ3v) is 6.94. The molecule has 3 aromatic rings. The molecule has 1 amide bonds. The number of aromatic nitrogens is 1. The fraction of sp³-hybridized carbons (Fsp3) is 0.417.